The van der Waals surface area contributed by atoms with E-state index >= 15 is 0 Å². The molecule has 0 radical (unpaired) electrons. The van der Waals surface area contributed by atoms with E-state index in [0.717, 1.165) is 105 Å². The highest BCUT2D eigenvalue weighted by molar-refractivity contribution is 6.05. The van der Waals surface area contributed by atoms with Crippen LogP contribution in [0, 0.1) is 6.92 Å². The van der Waals surface area contributed by atoms with Crippen molar-refractivity contribution in [2.75, 3.05) is 74.1 Å². The Bertz CT molecular complexity index is 1980. The molecule has 0 aromatic heterocycles. The average Bonchev–Trinajstić information content (AvgIpc) is 3.21. The monoisotopic (exact) mass is 772 g/mol. The molecule has 11 heteroatoms. The minimum atomic E-state index is -0.325. The van der Waals surface area contributed by atoms with Gasteiger partial charge in [0.25, 0.3) is 0 Å². The van der Waals surface area contributed by atoms with Gasteiger partial charge < -0.3 is 30.1 Å². The molecule has 5 aliphatic heterocycles. The zero-order valence-corrected chi connectivity index (χ0v) is 34.3. The normalized spacial score (nSPS) is 21.0. The van der Waals surface area contributed by atoms with Crippen LogP contribution in [0.1, 0.15) is 76.3 Å². The fourth-order valence-electron chi connectivity index (χ4n) is 9.16. The second-order valence-electron chi connectivity index (χ2n) is 16.1. The van der Waals surface area contributed by atoms with Crippen molar-refractivity contribution < 1.29 is 14.3 Å². The molecule has 302 valence electrons. The molecule has 5 aliphatic rings. The molecule has 7 rings (SSSR count). The summed E-state index contributed by atoms with van der Waals surface area (Å²) in [5.41, 5.74) is 11.5. The van der Waals surface area contributed by atoms with Crippen molar-refractivity contribution in [1.29, 1.82) is 0 Å². The van der Waals surface area contributed by atoms with E-state index in [1.165, 1.54) is 35.2 Å². The van der Waals surface area contributed by atoms with Gasteiger partial charge >= 0.3 is 6.03 Å². The van der Waals surface area contributed by atoms with Crippen LogP contribution < -0.4 is 25.8 Å². The number of carbonyl (C=O) groups is 2. The van der Waals surface area contributed by atoms with Crippen molar-refractivity contribution in [3.8, 4) is 0 Å². The summed E-state index contributed by atoms with van der Waals surface area (Å²) in [5.74, 6) is 1.89. The number of anilines is 3. The highest BCUT2D eigenvalue weighted by Crippen LogP contribution is 2.34. The van der Waals surface area contributed by atoms with Crippen molar-refractivity contribution in [1.82, 2.24) is 20.4 Å². The molecule has 5 heterocycles. The average molecular weight is 773 g/mol. The van der Waals surface area contributed by atoms with Gasteiger partial charge in [0.05, 0.1) is 5.70 Å². The van der Waals surface area contributed by atoms with Gasteiger partial charge in [-0.3, -0.25) is 15.0 Å². The van der Waals surface area contributed by atoms with E-state index in [1.807, 2.05) is 19.2 Å². The standard InChI is InChI=1S/C46H60N8O3/c1-7-42(33(4)45-34(5)57-27-20-47-45)53-23-16-38(32(3)30-53)29-48-35(6)49-39-9-11-40(12-10-39)52-24-17-41(18-25-52)51-21-14-36(15-22-51)37-8-13-43(31(2)28-37)54-26-19-44(55)50-46(54)56/h7-13,28-29,36,41,47,49H,1,6,14-27,30H2,2-5H3,(H,50,55,56)/b42-33+,48-29-. The predicted octanol–water partition coefficient (Wildman–Crippen LogP) is 7.58. The van der Waals surface area contributed by atoms with Gasteiger partial charge in [-0.15, -0.1) is 0 Å². The molecule has 0 atom stereocenters. The van der Waals surface area contributed by atoms with E-state index in [0.29, 0.717) is 37.4 Å². The quantitative estimate of drug-likeness (QED) is 0.159. The summed E-state index contributed by atoms with van der Waals surface area (Å²) in [6, 6.07) is 15.5. The number of ether oxygens (including phenoxy) is 1. The molecule has 57 heavy (non-hydrogen) atoms. The highest BCUT2D eigenvalue weighted by Gasteiger charge is 2.30. The molecular formula is C46H60N8O3. The van der Waals surface area contributed by atoms with Gasteiger partial charge in [0, 0.05) is 80.7 Å². The SMILES string of the molecule is C=C/C(=C(/C)C1=C(C)OCCN1)N1CCC(/C=N\C(=C)Nc2ccc(N3CCC(N4CCC(c5ccc(N6CCC(=O)NC6=O)c(C)c5)CC4)CC3)cc2)=C(C)C1. The number of allylic oxidation sites excluding steroid dienone is 3. The first-order valence-electron chi connectivity index (χ1n) is 20.7. The Hall–Kier alpha value is -5.29. The summed E-state index contributed by atoms with van der Waals surface area (Å²) in [6.07, 6.45) is 9.82. The lowest BCUT2D eigenvalue weighted by atomic mass is 9.87. The van der Waals surface area contributed by atoms with Crippen LogP contribution in [-0.2, 0) is 9.53 Å². The summed E-state index contributed by atoms with van der Waals surface area (Å²) >= 11 is 0. The number of urea groups is 1. The van der Waals surface area contributed by atoms with E-state index in [9.17, 15) is 9.59 Å². The Labute approximate surface area is 338 Å². The van der Waals surface area contributed by atoms with Crippen LogP contribution in [0.25, 0.3) is 0 Å². The number of hydrogen-bond donors (Lipinski definition) is 3. The minimum Gasteiger partial charge on any atom is -0.494 e. The number of hydrogen-bond acceptors (Lipinski definition) is 9. The molecule has 0 unspecified atom stereocenters. The third kappa shape index (κ3) is 9.31. The molecular weight excluding hydrogens is 713 g/mol. The number of likely N-dealkylation sites (tertiary alicyclic amines) is 1. The summed E-state index contributed by atoms with van der Waals surface area (Å²) in [7, 11) is 0. The molecule has 3 fully saturated rings. The number of piperidine rings is 2. The highest BCUT2D eigenvalue weighted by atomic mass is 16.5. The fourth-order valence-corrected chi connectivity index (χ4v) is 9.16. The van der Waals surface area contributed by atoms with Gasteiger partial charge in [0.15, 0.2) is 0 Å². The van der Waals surface area contributed by atoms with Gasteiger partial charge in [-0.05, 0) is 143 Å². The maximum absolute atomic E-state index is 12.4. The zero-order valence-electron chi connectivity index (χ0n) is 34.3. The molecule has 3 saturated heterocycles. The van der Waals surface area contributed by atoms with Gasteiger partial charge in [0.1, 0.15) is 18.2 Å². The molecule has 0 aliphatic carbocycles. The second kappa shape index (κ2) is 17.9. The van der Waals surface area contributed by atoms with Crippen LogP contribution in [0.15, 0.2) is 106 Å². The molecule has 0 saturated carbocycles. The van der Waals surface area contributed by atoms with Crippen molar-refractivity contribution in [2.24, 2.45) is 4.99 Å². The second-order valence-corrected chi connectivity index (χ2v) is 16.1. The lowest BCUT2D eigenvalue weighted by molar-refractivity contribution is -0.120. The van der Waals surface area contributed by atoms with Crippen molar-refractivity contribution >= 4 is 35.2 Å². The number of benzene rings is 2. The van der Waals surface area contributed by atoms with E-state index in [-0.39, 0.29) is 11.9 Å². The van der Waals surface area contributed by atoms with Gasteiger partial charge in [-0.25, -0.2) is 9.79 Å². The lowest BCUT2D eigenvalue weighted by Gasteiger charge is -2.42. The molecule has 0 bridgehead atoms. The van der Waals surface area contributed by atoms with Crippen molar-refractivity contribution in [3.63, 3.8) is 0 Å². The van der Waals surface area contributed by atoms with Crippen LogP contribution >= 0.6 is 0 Å². The number of rotatable bonds is 11. The topological polar surface area (TPSA) is 105 Å². The molecule has 2 aromatic rings. The maximum Gasteiger partial charge on any atom is 0.328 e. The summed E-state index contributed by atoms with van der Waals surface area (Å²) in [4.78, 5) is 38.0. The first-order valence-corrected chi connectivity index (χ1v) is 20.7. The third-order valence-corrected chi connectivity index (χ3v) is 12.4. The summed E-state index contributed by atoms with van der Waals surface area (Å²) < 4.78 is 5.79. The van der Waals surface area contributed by atoms with Crippen LogP contribution in [0.4, 0.5) is 21.9 Å². The number of aryl methyl sites for hydroxylation is 1. The van der Waals surface area contributed by atoms with E-state index in [2.05, 4.69) is 107 Å². The summed E-state index contributed by atoms with van der Waals surface area (Å²) in [5, 5.41) is 9.32. The number of nitrogens with zero attached hydrogens (tertiary/aromatic N) is 5. The first kappa shape index (κ1) is 39.9. The maximum atomic E-state index is 12.4. The zero-order chi connectivity index (χ0) is 40.1. The largest absolute Gasteiger partial charge is 0.494 e. The Morgan fingerprint density at radius 1 is 0.947 bits per heavy atom. The Kier molecular flexibility index (Phi) is 12.5. The number of carbonyl (C=O) groups excluding carboxylic acids is 2. The molecule has 3 amide bonds. The number of aliphatic imine (C=N–C) groups is 1. The van der Waals surface area contributed by atoms with Crippen molar-refractivity contribution in [3.05, 3.63) is 113 Å². The van der Waals surface area contributed by atoms with Crippen LogP contribution in [0.2, 0.25) is 0 Å². The smallest absolute Gasteiger partial charge is 0.328 e. The van der Waals surface area contributed by atoms with Crippen molar-refractivity contribution in [2.45, 2.75) is 78.2 Å². The first-order chi connectivity index (χ1) is 27.6. The third-order valence-electron chi connectivity index (χ3n) is 12.4. The Morgan fingerprint density at radius 2 is 1.70 bits per heavy atom. The number of nitrogens with one attached hydrogen (secondary N) is 3. The number of imide groups is 1. The predicted molar refractivity (Wildman–Crippen MR) is 232 cm³/mol. The lowest BCUT2D eigenvalue weighted by Crippen LogP contribution is -2.49. The molecule has 11 nitrogen and oxygen atoms in total. The summed E-state index contributed by atoms with van der Waals surface area (Å²) in [6.45, 7) is 24.7. The molecule has 2 aromatic carbocycles. The molecule has 0 spiro atoms. The molecule has 3 N–H and O–H groups in total. The Balaban J connectivity index is 0.851. The van der Waals surface area contributed by atoms with Crippen LogP contribution in [0.3, 0.4) is 0 Å². The van der Waals surface area contributed by atoms with Gasteiger partial charge in [-0.2, -0.15) is 0 Å². The van der Waals surface area contributed by atoms with Gasteiger partial charge in [0.2, 0.25) is 5.91 Å². The van der Waals surface area contributed by atoms with Gasteiger partial charge in [-0.1, -0.05) is 25.3 Å². The van der Waals surface area contributed by atoms with Crippen LogP contribution in [0.5, 0.6) is 0 Å². The Morgan fingerprint density at radius 3 is 2.37 bits per heavy atom. The van der Waals surface area contributed by atoms with E-state index in [1.54, 1.807) is 4.90 Å². The van der Waals surface area contributed by atoms with Crippen LogP contribution in [-0.4, -0.2) is 93.0 Å². The number of amides is 3. The minimum absolute atomic E-state index is 0.203. The fraction of sp³-hybridized carbons (Fsp3) is 0.457. The van der Waals surface area contributed by atoms with E-state index < -0.39 is 0 Å². The van der Waals surface area contributed by atoms with E-state index in [4.69, 9.17) is 9.73 Å².